The van der Waals surface area contributed by atoms with E-state index in [-0.39, 0.29) is 11.8 Å². The molecule has 1 fully saturated rings. The van der Waals surface area contributed by atoms with Gasteiger partial charge in [0.1, 0.15) is 12.4 Å². The van der Waals surface area contributed by atoms with E-state index in [4.69, 9.17) is 9.15 Å². The summed E-state index contributed by atoms with van der Waals surface area (Å²) in [5.41, 5.74) is 4.03. The Labute approximate surface area is 207 Å². The van der Waals surface area contributed by atoms with Gasteiger partial charge in [0, 0.05) is 25.6 Å². The number of ether oxygens (including phenoxy) is 1. The van der Waals surface area contributed by atoms with Gasteiger partial charge in [0.2, 0.25) is 15.9 Å². The van der Waals surface area contributed by atoms with Crippen molar-refractivity contribution in [2.45, 2.75) is 51.3 Å². The predicted molar refractivity (Wildman–Crippen MR) is 133 cm³/mol. The molecule has 0 unspecified atom stereocenters. The maximum atomic E-state index is 13.0. The molecule has 1 saturated heterocycles. The second kappa shape index (κ2) is 11.2. The van der Waals surface area contributed by atoms with Gasteiger partial charge in [0.05, 0.1) is 17.8 Å². The van der Waals surface area contributed by atoms with Crippen molar-refractivity contribution in [3.63, 3.8) is 0 Å². The highest BCUT2D eigenvalue weighted by Gasteiger charge is 2.32. The van der Waals surface area contributed by atoms with Crippen LogP contribution >= 0.6 is 0 Å². The van der Waals surface area contributed by atoms with Gasteiger partial charge in [-0.25, -0.2) is 8.42 Å². The Morgan fingerprint density at radius 2 is 1.77 bits per heavy atom. The molecule has 2 aromatic carbocycles. The number of nitrogens with one attached hydrogen (secondary N) is 1. The van der Waals surface area contributed by atoms with E-state index in [2.05, 4.69) is 5.32 Å². The van der Waals surface area contributed by atoms with Gasteiger partial charge in [0.15, 0.2) is 0 Å². The highest BCUT2D eigenvalue weighted by atomic mass is 32.2. The fraction of sp³-hybridized carbons (Fsp3) is 0.370. The number of sulfonamides is 1. The minimum atomic E-state index is -3.55. The van der Waals surface area contributed by atoms with Gasteiger partial charge in [-0.3, -0.25) is 4.79 Å². The van der Waals surface area contributed by atoms with Crippen molar-refractivity contribution in [3.05, 3.63) is 88.9 Å². The van der Waals surface area contributed by atoms with Gasteiger partial charge in [-0.1, -0.05) is 30.3 Å². The molecule has 0 saturated carbocycles. The van der Waals surface area contributed by atoms with Crippen LogP contribution < -0.4 is 5.32 Å². The molecule has 0 aliphatic carbocycles. The third kappa shape index (κ3) is 6.39. The van der Waals surface area contributed by atoms with Crippen LogP contribution in [0.1, 0.15) is 40.9 Å². The van der Waals surface area contributed by atoms with Crippen molar-refractivity contribution in [3.8, 4) is 0 Å². The summed E-state index contributed by atoms with van der Waals surface area (Å²) < 4.78 is 38.5. The first kappa shape index (κ1) is 25.2. The number of aryl methyl sites for hydroxylation is 2. The topological polar surface area (TPSA) is 88.9 Å². The van der Waals surface area contributed by atoms with Gasteiger partial charge < -0.3 is 14.5 Å². The first-order valence-electron chi connectivity index (χ1n) is 11.9. The summed E-state index contributed by atoms with van der Waals surface area (Å²) in [7, 11) is -3.55. The van der Waals surface area contributed by atoms with Crippen LogP contribution in [-0.4, -0.2) is 31.7 Å². The first-order valence-corrected chi connectivity index (χ1v) is 13.3. The van der Waals surface area contributed by atoms with Crippen LogP contribution in [0.2, 0.25) is 0 Å². The Morgan fingerprint density at radius 1 is 1.00 bits per heavy atom. The number of carbonyl (C=O) groups is 1. The van der Waals surface area contributed by atoms with E-state index in [0.29, 0.717) is 50.6 Å². The lowest BCUT2D eigenvalue weighted by atomic mass is 9.97. The lowest BCUT2D eigenvalue weighted by Crippen LogP contribution is -2.42. The summed E-state index contributed by atoms with van der Waals surface area (Å²) in [6.07, 6.45) is 2.64. The van der Waals surface area contributed by atoms with E-state index in [1.54, 1.807) is 18.4 Å². The number of rotatable bonds is 9. The van der Waals surface area contributed by atoms with Crippen LogP contribution in [0, 0.1) is 19.8 Å². The zero-order valence-corrected chi connectivity index (χ0v) is 21.0. The summed E-state index contributed by atoms with van der Waals surface area (Å²) in [6.45, 7) is 5.84. The summed E-state index contributed by atoms with van der Waals surface area (Å²) in [5.74, 6) is 0.551. The van der Waals surface area contributed by atoms with Gasteiger partial charge in [-0.2, -0.15) is 4.31 Å². The van der Waals surface area contributed by atoms with Crippen LogP contribution in [0.4, 0.5) is 0 Å². The second-order valence-corrected chi connectivity index (χ2v) is 11.0. The summed E-state index contributed by atoms with van der Waals surface area (Å²) in [5, 5.41) is 3.01. The zero-order valence-electron chi connectivity index (χ0n) is 20.2. The average molecular weight is 497 g/mol. The van der Waals surface area contributed by atoms with Gasteiger partial charge in [-0.15, -0.1) is 0 Å². The van der Waals surface area contributed by atoms with E-state index in [1.165, 1.54) is 4.31 Å². The smallest absolute Gasteiger partial charge is 0.243 e. The molecule has 7 nitrogen and oxygen atoms in total. The van der Waals surface area contributed by atoms with Crippen molar-refractivity contribution in [1.29, 1.82) is 0 Å². The quantitative estimate of drug-likeness (QED) is 0.476. The zero-order chi connectivity index (χ0) is 24.8. The molecule has 186 valence electrons. The number of hydrogen-bond donors (Lipinski definition) is 1. The van der Waals surface area contributed by atoms with Crippen molar-refractivity contribution in [2.24, 2.45) is 5.92 Å². The fourth-order valence-electron chi connectivity index (χ4n) is 4.21. The third-order valence-corrected chi connectivity index (χ3v) is 8.39. The number of piperidine rings is 1. The number of amides is 1. The minimum Gasteiger partial charge on any atom is -0.467 e. The molecule has 3 aromatic rings. The molecule has 8 heteroatoms. The fourth-order valence-corrected chi connectivity index (χ4v) is 5.76. The number of nitrogens with zero attached hydrogens (tertiary/aromatic N) is 1. The normalized spacial score (nSPS) is 15.3. The Kier molecular flexibility index (Phi) is 8.05. The standard InChI is InChI=1S/C27H32N2O5S/c1-20-8-9-26(15-21(20)2)35(31,32)29-12-10-24(11-13-29)27(30)28-17-22-5-3-6-23(16-22)18-33-19-25-7-4-14-34-25/h3-9,14-16,24H,10-13,17-19H2,1-2H3,(H,28,30). The van der Waals surface area contributed by atoms with Crippen molar-refractivity contribution < 1.29 is 22.4 Å². The Bertz CT molecular complexity index is 1250. The summed E-state index contributed by atoms with van der Waals surface area (Å²) in [4.78, 5) is 13.1. The summed E-state index contributed by atoms with van der Waals surface area (Å²) >= 11 is 0. The number of carbonyl (C=O) groups excluding carboxylic acids is 1. The molecule has 1 aliphatic heterocycles. The van der Waals surface area contributed by atoms with Gasteiger partial charge >= 0.3 is 0 Å². The minimum absolute atomic E-state index is 0.0345. The average Bonchev–Trinajstić information content (AvgIpc) is 3.38. The number of hydrogen-bond acceptors (Lipinski definition) is 5. The second-order valence-electron chi connectivity index (χ2n) is 9.03. The molecule has 35 heavy (non-hydrogen) atoms. The maximum Gasteiger partial charge on any atom is 0.243 e. The van der Waals surface area contributed by atoms with E-state index in [9.17, 15) is 13.2 Å². The molecule has 0 spiro atoms. The molecule has 4 rings (SSSR count). The summed E-state index contributed by atoms with van der Waals surface area (Å²) in [6, 6.07) is 16.8. The largest absolute Gasteiger partial charge is 0.467 e. The van der Waals surface area contributed by atoms with Gasteiger partial charge in [0.25, 0.3) is 0 Å². The molecular formula is C27H32N2O5S. The molecule has 0 atom stereocenters. The Morgan fingerprint density at radius 3 is 2.49 bits per heavy atom. The molecule has 0 radical (unpaired) electrons. The van der Waals surface area contributed by atoms with Crippen molar-refractivity contribution >= 4 is 15.9 Å². The SMILES string of the molecule is Cc1ccc(S(=O)(=O)N2CCC(C(=O)NCc3cccc(COCc4ccco4)c3)CC2)cc1C. The first-order chi connectivity index (χ1) is 16.8. The third-order valence-electron chi connectivity index (χ3n) is 6.49. The molecular weight excluding hydrogens is 464 g/mol. The van der Waals surface area contributed by atoms with Crippen LogP contribution in [-0.2, 0) is 39.3 Å². The lowest BCUT2D eigenvalue weighted by molar-refractivity contribution is -0.126. The van der Waals surface area contributed by atoms with E-state index < -0.39 is 10.0 Å². The molecule has 1 aromatic heterocycles. The van der Waals surface area contributed by atoms with E-state index >= 15 is 0 Å². The van der Waals surface area contributed by atoms with E-state index in [1.807, 2.05) is 56.3 Å². The van der Waals surface area contributed by atoms with Crippen LogP contribution in [0.3, 0.4) is 0 Å². The Balaban J connectivity index is 1.25. The Hall–Kier alpha value is -2.94. The molecule has 0 bridgehead atoms. The maximum absolute atomic E-state index is 13.0. The lowest BCUT2D eigenvalue weighted by Gasteiger charge is -2.30. The van der Waals surface area contributed by atoms with Crippen molar-refractivity contribution in [1.82, 2.24) is 9.62 Å². The monoisotopic (exact) mass is 496 g/mol. The molecule has 1 aliphatic rings. The van der Waals surface area contributed by atoms with E-state index in [0.717, 1.165) is 28.0 Å². The molecule has 1 amide bonds. The molecule has 1 N–H and O–H groups in total. The highest BCUT2D eigenvalue weighted by Crippen LogP contribution is 2.25. The van der Waals surface area contributed by atoms with Crippen LogP contribution in [0.25, 0.3) is 0 Å². The van der Waals surface area contributed by atoms with Crippen LogP contribution in [0.15, 0.2) is 70.2 Å². The number of furan rings is 1. The molecule has 2 heterocycles. The number of benzene rings is 2. The predicted octanol–water partition coefficient (Wildman–Crippen LogP) is 4.33. The van der Waals surface area contributed by atoms with Gasteiger partial charge in [-0.05, 0) is 73.2 Å². The van der Waals surface area contributed by atoms with Crippen molar-refractivity contribution in [2.75, 3.05) is 13.1 Å². The highest BCUT2D eigenvalue weighted by molar-refractivity contribution is 7.89. The van der Waals surface area contributed by atoms with Crippen LogP contribution in [0.5, 0.6) is 0 Å².